The summed E-state index contributed by atoms with van der Waals surface area (Å²) >= 11 is 0. The van der Waals surface area contributed by atoms with Crippen LogP contribution in [-0.4, -0.2) is 0 Å². The molecule has 3 aliphatic carbocycles. The van der Waals surface area contributed by atoms with E-state index in [2.05, 4.69) is 192 Å². The molecular formula is C56H55N. The van der Waals surface area contributed by atoms with Gasteiger partial charge in [0.15, 0.2) is 0 Å². The first-order valence-corrected chi connectivity index (χ1v) is 20.9. The van der Waals surface area contributed by atoms with E-state index in [1.807, 2.05) is 18.2 Å². The number of allylic oxidation sites excluding steroid dienone is 12. The van der Waals surface area contributed by atoms with Crippen molar-refractivity contribution in [1.29, 1.82) is 0 Å². The molecule has 57 heavy (non-hydrogen) atoms. The van der Waals surface area contributed by atoms with E-state index >= 15 is 0 Å². The largest absolute Gasteiger partial charge is 0.317 e. The SMILES string of the molecule is C=C/C=C\C=C/N(c1ccc(-c2ccc(C)c(C3=C(C(C)CC)CCC=C3)c2)cc1)c1cccc(-c2ccc3c(c2)-c2ccc(C4=CCCC=C4)cc2C3(C)C)c1. The molecule has 1 unspecified atom stereocenters. The second-order valence-corrected chi connectivity index (χ2v) is 16.4. The number of fused-ring (bicyclic) bond motifs is 3. The van der Waals surface area contributed by atoms with Crippen LogP contribution in [0.1, 0.15) is 87.6 Å². The summed E-state index contributed by atoms with van der Waals surface area (Å²) in [4.78, 5) is 2.28. The molecule has 0 aromatic heterocycles. The van der Waals surface area contributed by atoms with Crippen molar-refractivity contribution in [2.24, 2.45) is 5.92 Å². The molecule has 0 heterocycles. The van der Waals surface area contributed by atoms with E-state index < -0.39 is 0 Å². The molecule has 0 fully saturated rings. The predicted molar refractivity (Wildman–Crippen MR) is 248 cm³/mol. The first-order chi connectivity index (χ1) is 27.8. The molecule has 3 aliphatic rings. The fourth-order valence-electron chi connectivity index (χ4n) is 8.98. The van der Waals surface area contributed by atoms with Gasteiger partial charge in [0.2, 0.25) is 0 Å². The summed E-state index contributed by atoms with van der Waals surface area (Å²) in [5.74, 6) is 0.591. The fraction of sp³-hybridized carbons (Fsp3) is 0.214. The van der Waals surface area contributed by atoms with Crippen LogP contribution in [0.25, 0.3) is 44.5 Å². The second kappa shape index (κ2) is 16.3. The normalized spacial score (nSPS) is 16.2. The molecule has 0 spiro atoms. The van der Waals surface area contributed by atoms with Crippen LogP contribution in [0.15, 0.2) is 176 Å². The lowest BCUT2D eigenvalue weighted by atomic mass is 9.81. The van der Waals surface area contributed by atoms with Crippen LogP contribution in [-0.2, 0) is 5.41 Å². The van der Waals surface area contributed by atoms with Gasteiger partial charge in [-0.1, -0.05) is 149 Å². The van der Waals surface area contributed by atoms with Crippen molar-refractivity contribution in [3.8, 4) is 33.4 Å². The van der Waals surface area contributed by atoms with E-state index in [0.29, 0.717) is 5.92 Å². The summed E-state index contributed by atoms with van der Waals surface area (Å²) in [7, 11) is 0. The van der Waals surface area contributed by atoms with Crippen molar-refractivity contribution in [3.63, 3.8) is 0 Å². The van der Waals surface area contributed by atoms with E-state index in [0.717, 1.165) is 37.1 Å². The molecule has 284 valence electrons. The minimum absolute atomic E-state index is 0.0619. The van der Waals surface area contributed by atoms with Gasteiger partial charge in [-0.15, -0.1) is 0 Å². The van der Waals surface area contributed by atoms with Crippen molar-refractivity contribution in [2.75, 3.05) is 4.90 Å². The lowest BCUT2D eigenvalue weighted by molar-refractivity contribution is 0.625. The van der Waals surface area contributed by atoms with Crippen LogP contribution in [0.4, 0.5) is 11.4 Å². The van der Waals surface area contributed by atoms with E-state index in [1.54, 1.807) is 5.57 Å². The molecule has 0 saturated carbocycles. The second-order valence-electron chi connectivity index (χ2n) is 16.4. The molecule has 0 saturated heterocycles. The Labute approximate surface area is 341 Å². The van der Waals surface area contributed by atoms with Gasteiger partial charge < -0.3 is 4.90 Å². The first-order valence-electron chi connectivity index (χ1n) is 20.9. The van der Waals surface area contributed by atoms with Crippen LogP contribution in [0, 0.1) is 12.8 Å². The minimum atomic E-state index is -0.0619. The Morgan fingerprint density at radius 1 is 0.667 bits per heavy atom. The zero-order chi connectivity index (χ0) is 39.5. The van der Waals surface area contributed by atoms with Gasteiger partial charge >= 0.3 is 0 Å². The molecule has 0 bridgehead atoms. The zero-order valence-corrected chi connectivity index (χ0v) is 34.4. The third-order valence-electron chi connectivity index (χ3n) is 12.5. The highest BCUT2D eigenvalue weighted by atomic mass is 15.1. The summed E-state index contributed by atoms with van der Waals surface area (Å²) in [5.41, 5.74) is 20.9. The van der Waals surface area contributed by atoms with Gasteiger partial charge in [-0.25, -0.2) is 0 Å². The van der Waals surface area contributed by atoms with Crippen LogP contribution >= 0.6 is 0 Å². The van der Waals surface area contributed by atoms with Crippen LogP contribution in [0.3, 0.4) is 0 Å². The number of hydrogen-bond donors (Lipinski definition) is 0. The van der Waals surface area contributed by atoms with Gasteiger partial charge in [-0.2, -0.15) is 0 Å². The van der Waals surface area contributed by atoms with Crippen LogP contribution < -0.4 is 4.90 Å². The van der Waals surface area contributed by atoms with Crippen molar-refractivity contribution < 1.29 is 0 Å². The number of aryl methyl sites for hydroxylation is 1. The van der Waals surface area contributed by atoms with E-state index in [9.17, 15) is 0 Å². The average Bonchev–Trinajstić information content (AvgIpc) is 3.48. The van der Waals surface area contributed by atoms with Crippen molar-refractivity contribution >= 4 is 22.5 Å². The fourth-order valence-corrected chi connectivity index (χ4v) is 8.98. The topological polar surface area (TPSA) is 3.24 Å². The summed E-state index contributed by atoms with van der Waals surface area (Å²) < 4.78 is 0. The number of rotatable bonds is 11. The maximum atomic E-state index is 3.86. The molecular weight excluding hydrogens is 687 g/mol. The average molecular weight is 742 g/mol. The van der Waals surface area contributed by atoms with E-state index in [-0.39, 0.29) is 5.41 Å². The Bertz CT molecular complexity index is 2510. The summed E-state index contributed by atoms with van der Waals surface area (Å²) in [6.45, 7) is 15.5. The Kier molecular flexibility index (Phi) is 10.8. The molecule has 1 heteroatoms. The molecule has 5 aromatic carbocycles. The van der Waals surface area contributed by atoms with Crippen LogP contribution in [0.5, 0.6) is 0 Å². The van der Waals surface area contributed by atoms with Gasteiger partial charge in [0, 0.05) is 23.0 Å². The van der Waals surface area contributed by atoms with Crippen molar-refractivity contribution in [3.05, 3.63) is 204 Å². The highest BCUT2D eigenvalue weighted by Crippen LogP contribution is 2.50. The molecule has 0 aliphatic heterocycles. The van der Waals surface area contributed by atoms with Gasteiger partial charge in [-0.05, 0) is 166 Å². The third kappa shape index (κ3) is 7.52. The molecule has 5 aromatic rings. The van der Waals surface area contributed by atoms with Gasteiger partial charge in [0.1, 0.15) is 0 Å². The summed E-state index contributed by atoms with van der Waals surface area (Å²) in [6.07, 6.45) is 27.4. The summed E-state index contributed by atoms with van der Waals surface area (Å²) in [5, 5.41) is 0. The maximum Gasteiger partial charge on any atom is 0.0461 e. The quantitative estimate of drug-likeness (QED) is 0.122. The van der Waals surface area contributed by atoms with Crippen molar-refractivity contribution in [1.82, 2.24) is 0 Å². The zero-order valence-electron chi connectivity index (χ0n) is 34.4. The predicted octanol–water partition coefficient (Wildman–Crippen LogP) is 15.9. The minimum Gasteiger partial charge on any atom is -0.317 e. The number of anilines is 2. The molecule has 1 nitrogen and oxygen atoms in total. The monoisotopic (exact) mass is 741 g/mol. The van der Waals surface area contributed by atoms with Crippen molar-refractivity contribution in [2.45, 2.75) is 72.1 Å². The first kappa shape index (κ1) is 38.0. The highest BCUT2D eigenvalue weighted by Gasteiger charge is 2.36. The smallest absolute Gasteiger partial charge is 0.0461 e. The lowest BCUT2D eigenvalue weighted by Crippen LogP contribution is -2.15. The number of benzene rings is 5. The van der Waals surface area contributed by atoms with Gasteiger partial charge in [-0.3, -0.25) is 0 Å². The number of nitrogens with zero attached hydrogens (tertiary/aromatic N) is 1. The lowest BCUT2D eigenvalue weighted by Gasteiger charge is -2.23. The summed E-state index contributed by atoms with van der Waals surface area (Å²) in [6, 6.07) is 39.1. The Morgan fingerprint density at radius 2 is 1.40 bits per heavy atom. The molecule has 8 rings (SSSR count). The standard InChI is InChI=1S/C56H55N/c1-7-9-10-16-34-57(47-30-26-42(27-31-47)44-25-24-40(4)52(36-44)50-23-15-14-22-49(50)39(3)8-2)48-21-17-20-43(35-48)45-29-33-54-53(37-45)51-32-28-46(38-55(51)56(54,5)6)41-18-12-11-13-19-41/h7,9-10,12,15-21,23-39H,1,8,11,13-14,22H2,2-6H3/b10-9-,34-16-. The Morgan fingerprint density at radius 3 is 2.19 bits per heavy atom. The molecule has 1 atom stereocenters. The van der Waals surface area contributed by atoms with Crippen LogP contribution in [0.2, 0.25) is 0 Å². The number of hydrogen-bond acceptors (Lipinski definition) is 1. The Hall–Kier alpha value is -5.92. The third-order valence-corrected chi connectivity index (χ3v) is 12.5. The van der Waals surface area contributed by atoms with Gasteiger partial charge in [0.05, 0.1) is 0 Å². The molecule has 0 N–H and O–H groups in total. The highest BCUT2D eigenvalue weighted by molar-refractivity contribution is 5.88. The molecule has 0 amide bonds. The van der Waals surface area contributed by atoms with Gasteiger partial charge in [0.25, 0.3) is 0 Å². The van der Waals surface area contributed by atoms with E-state index in [4.69, 9.17) is 0 Å². The maximum absolute atomic E-state index is 3.86. The molecule has 0 radical (unpaired) electrons. The Balaban J connectivity index is 1.12. The van der Waals surface area contributed by atoms with E-state index in [1.165, 1.54) is 78.8 Å².